The molecule has 5 nitrogen and oxygen atoms in total. The number of amides is 2. The number of carbonyl (C=O) groups excluding carboxylic acids is 2. The molecule has 1 heterocycles. The first kappa shape index (κ1) is 18.0. The van der Waals surface area contributed by atoms with Gasteiger partial charge in [-0.2, -0.15) is 0 Å². The van der Waals surface area contributed by atoms with Crippen molar-refractivity contribution >= 4 is 11.8 Å². The predicted molar refractivity (Wildman–Crippen MR) is 84.7 cm³/mol. The van der Waals surface area contributed by atoms with Crippen LogP contribution in [0, 0.1) is 11.8 Å². The number of carbonyl (C=O) groups is 2. The van der Waals surface area contributed by atoms with Gasteiger partial charge in [0.05, 0.1) is 6.04 Å². The van der Waals surface area contributed by atoms with Crippen LogP contribution < -0.4 is 11.1 Å². The normalized spacial score (nSPS) is 17.9. The van der Waals surface area contributed by atoms with Gasteiger partial charge in [-0.1, -0.05) is 27.2 Å². The molecule has 1 fully saturated rings. The lowest BCUT2D eigenvalue weighted by atomic mass is 9.94. The van der Waals surface area contributed by atoms with Crippen molar-refractivity contribution in [2.45, 2.75) is 58.9 Å². The molecule has 21 heavy (non-hydrogen) atoms. The second kappa shape index (κ2) is 9.03. The summed E-state index contributed by atoms with van der Waals surface area (Å²) in [5, 5.41) is 2.98. The van der Waals surface area contributed by atoms with Crippen LogP contribution in [-0.4, -0.2) is 42.4 Å². The Labute approximate surface area is 128 Å². The Hall–Kier alpha value is -1.10. The van der Waals surface area contributed by atoms with Gasteiger partial charge in [-0.3, -0.25) is 9.59 Å². The zero-order chi connectivity index (χ0) is 15.8. The van der Waals surface area contributed by atoms with Crippen LogP contribution in [-0.2, 0) is 9.59 Å². The van der Waals surface area contributed by atoms with E-state index in [4.69, 9.17) is 5.73 Å². The van der Waals surface area contributed by atoms with Crippen LogP contribution in [0.1, 0.15) is 52.9 Å². The van der Waals surface area contributed by atoms with E-state index in [1.807, 2.05) is 4.90 Å². The molecule has 122 valence electrons. The number of likely N-dealkylation sites (tertiary alicyclic amines) is 1. The minimum atomic E-state index is -0.403. The minimum absolute atomic E-state index is 0.0357. The Morgan fingerprint density at radius 3 is 2.43 bits per heavy atom. The number of piperidine rings is 1. The molecule has 1 atom stereocenters. The van der Waals surface area contributed by atoms with Gasteiger partial charge < -0.3 is 16.0 Å². The van der Waals surface area contributed by atoms with E-state index in [9.17, 15) is 9.59 Å². The van der Waals surface area contributed by atoms with E-state index < -0.39 is 6.04 Å². The van der Waals surface area contributed by atoms with Gasteiger partial charge in [-0.25, -0.2) is 0 Å². The molecule has 3 N–H and O–H groups in total. The Bertz CT molecular complexity index is 336. The van der Waals surface area contributed by atoms with E-state index in [1.54, 1.807) is 0 Å². The molecule has 0 bridgehead atoms. The van der Waals surface area contributed by atoms with Crippen molar-refractivity contribution < 1.29 is 9.59 Å². The molecule has 2 amide bonds. The summed E-state index contributed by atoms with van der Waals surface area (Å²) < 4.78 is 0. The van der Waals surface area contributed by atoms with Crippen LogP contribution in [0.15, 0.2) is 0 Å². The van der Waals surface area contributed by atoms with Crippen LogP contribution >= 0.6 is 0 Å². The second-order valence-electron chi connectivity index (χ2n) is 6.48. The first-order chi connectivity index (χ1) is 9.95. The quantitative estimate of drug-likeness (QED) is 0.700. The number of hydrogen-bond donors (Lipinski definition) is 2. The molecule has 0 unspecified atom stereocenters. The topological polar surface area (TPSA) is 75.4 Å². The molecule has 0 aliphatic carbocycles. The summed E-state index contributed by atoms with van der Waals surface area (Å²) in [5.74, 6) is 0.647. The molecule has 1 rings (SSSR count). The SMILES string of the molecule is CCCCNC(=O)C1CCN(C(=O)[C@H](N)CC(C)C)CC1. The summed E-state index contributed by atoms with van der Waals surface area (Å²) in [7, 11) is 0. The fraction of sp³-hybridized carbons (Fsp3) is 0.875. The van der Waals surface area contributed by atoms with Crippen molar-refractivity contribution in [1.29, 1.82) is 0 Å². The molecule has 0 radical (unpaired) electrons. The van der Waals surface area contributed by atoms with Crippen LogP contribution in [0.5, 0.6) is 0 Å². The Kier molecular flexibility index (Phi) is 7.72. The lowest BCUT2D eigenvalue weighted by Crippen LogP contribution is -2.49. The monoisotopic (exact) mass is 297 g/mol. The van der Waals surface area contributed by atoms with Crippen LogP contribution in [0.4, 0.5) is 0 Å². The van der Waals surface area contributed by atoms with Crippen molar-refractivity contribution in [1.82, 2.24) is 10.2 Å². The summed E-state index contributed by atoms with van der Waals surface area (Å²) in [6.45, 7) is 8.30. The summed E-state index contributed by atoms with van der Waals surface area (Å²) >= 11 is 0. The molecule has 0 aromatic heterocycles. The predicted octanol–water partition coefficient (Wildman–Crippen LogP) is 1.51. The van der Waals surface area contributed by atoms with E-state index in [0.29, 0.717) is 19.0 Å². The number of rotatable bonds is 7. The summed E-state index contributed by atoms with van der Waals surface area (Å²) in [4.78, 5) is 26.0. The second-order valence-corrected chi connectivity index (χ2v) is 6.48. The largest absolute Gasteiger partial charge is 0.356 e. The van der Waals surface area contributed by atoms with Crippen molar-refractivity contribution in [3.8, 4) is 0 Å². The molecule has 0 aromatic rings. The van der Waals surface area contributed by atoms with E-state index in [0.717, 1.165) is 38.6 Å². The highest BCUT2D eigenvalue weighted by atomic mass is 16.2. The molecular formula is C16H31N3O2. The van der Waals surface area contributed by atoms with Crippen molar-refractivity contribution in [3.05, 3.63) is 0 Å². The maximum atomic E-state index is 12.2. The van der Waals surface area contributed by atoms with Gasteiger partial charge in [0.2, 0.25) is 11.8 Å². The first-order valence-electron chi connectivity index (χ1n) is 8.27. The van der Waals surface area contributed by atoms with Gasteiger partial charge in [0, 0.05) is 25.6 Å². The van der Waals surface area contributed by atoms with Crippen LogP contribution in [0.3, 0.4) is 0 Å². The summed E-state index contributed by atoms with van der Waals surface area (Å²) in [6, 6.07) is -0.403. The number of nitrogens with one attached hydrogen (secondary N) is 1. The van der Waals surface area contributed by atoms with E-state index >= 15 is 0 Å². The zero-order valence-corrected chi connectivity index (χ0v) is 13.7. The van der Waals surface area contributed by atoms with E-state index in [-0.39, 0.29) is 17.7 Å². The lowest BCUT2D eigenvalue weighted by Gasteiger charge is -2.33. The highest BCUT2D eigenvalue weighted by Crippen LogP contribution is 2.18. The molecule has 0 saturated carbocycles. The standard InChI is InChI=1S/C16H31N3O2/c1-4-5-8-18-15(20)13-6-9-19(10-7-13)16(21)14(17)11-12(2)3/h12-14H,4-11,17H2,1-3H3,(H,18,20)/t14-/m1/s1. The van der Waals surface area contributed by atoms with Gasteiger partial charge in [0.25, 0.3) is 0 Å². The Balaban J connectivity index is 2.34. The van der Waals surface area contributed by atoms with Crippen molar-refractivity contribution in [2.24, 2.45) is 17.6 Å². The lowest BCUT2D eigenvalue weighted by molar-refractivity contribution is -0.137. The number of nitrogens with two attached hydrogens (primary N) is 1. The van der Waals surface area contributed by atoms with Gasteiger partial charge in [-0.05, 0) is 31.6 Å². The highest BCUT2D eigenvalue weighted by Gasteiger charge is 2.29. The minimum Gasteiger partial charge on any atom is -0.356 e. The molecular weight excluding hydrogens is 266 g/mol. The van der Waals surface area contributed by atoms with Crippen LogP contribution in [0.25, 0.3) is 0 Å². The first-order valence-corrected chi connectivity index (χ1v) is 8.27. The Morgan fingerprint density at radius 2 is 1.90 bits per heavy atom. The molecule has 1 aliphatic rings. The number of unbranched alkanes of at least 4 members (excludes halogenated alkanes) is 1. The molecule has 0 aromatic carbocycles. The Morgan fingerprint density at radius 1 is 1.29 bits per heavy atom. The average molecular weight is 297 g/mol. The smallest absolute Gasteiger partial charge is 0.239 e. The van der Waals surface area contributed by atoms with Gasteiger partial charge in [0.15, 0.2) is 0 Å². The highest BCUT2D eigenvalue weighted by molar-refractivity contribution is 5.82. The van der Waals surface area contributed by atoms with Crippen LogP contribution in [0.2, 0.25) is 0 Å². The maximum absolute atomic E-state index is 12.2. The van der Waals surface area contributed by atoms with Gasteiger partial charge in [-0.15, -0.1) is 0 Å². The summed E-state index contributed by atoms with van der Waals surface area (Å²) in [6.07, 6.45) is 4.32. The number of nitrogens with zero attached hydrogens (tertiary/aromatic N) is 1. The van der Waals surface area contributed by atoms with E-state index in [2.05, 4.69) is 26.1 Å². The number of hydrogen-bond acceptors (Lipinski definition) is 3. The third-order valence-corrected chi connectivity index (χ3v) is 4.05. The van der Waals surface area contributed by atoms with Crippen molar-refractivity contribution in [3.63, 3.8) is 0 Å². The fourth-order valence-electron chi connectivity index (χ4n) is 2.74. The molecule has 1 aliphatic heterocycles. The molecule has 5 heteroatoms. The molecule has 0 spiro atoms. The van der Waals surface area contributed by atoms with Gasteiger partial charge in [0.1, 0.15) is 0 Å². The average Bonchev–Trinajstić information content (AvgIpc) is 2.46. The third-order valence-electron chi connectivity index (χ3n) is 4.05. The van der Waals surface area contributed by atoms with Gasteiger partial charge >= 0.3 is 0 Å². The third kappa shape index (κ3) is 6.04. The molecule has 1 saturated heterocycles. The van der Waals surface area contributed by atoms with E-state index in [1.165, 1.54) is 0 Å². The summed E-state index contributed by atoms with van der Waals surface area (Å²) in [5.41, 5.74) is 5.95. The maximum Gasteiger partial charge on any atom is 0.239 e. The fourth-order valence-corrected chi connectivity index (χ4v) is 2.74. The zero-order valence-electron chi connectivity index (χ0n) is 13.7. The van der Waals surface area contributed by atoms with Crippen molar-refractivity contribution in [2.75, 3.05) is 19.6 Å².